The van der Waals surface area contributed by atoms with Crippen molar-refractivity contribution >= 4 is 40.1 Å². The molecule has 0 radical (unpaired) electrons. The summed E-state index contributed by atoms with van der Waals surface area (Å²) >= 11 is 3.44. The van der Waals surface area contributed by atoms with Crippen molar-refractivity contribution in [3.8, 4) is 23.0 Å². The molecule has 1 aliphatic heterocycles. The number of hydrogen-bond donors (Lipinski definition) is 3. The lowest BCUT2D eigenvalue weighted by atomic mass is 9.95. The molecule has 3 N–H and O–H groups in total. The van der Waals surface area contributed by atoms with Crippen molar-refractivity contribution in [2.75, 3.05) is 34.5 Å². The maximum Gasteiger partial charge on any atom is 0.337 e. The van der Waals surface area contributed by atoms with Gasteiger partial charge in [0.15, 0.2) is 29.6 Å². The highest BCUT2D eigenvalue weighted by molar-refractivity contribution is 9.10. The second-order valence-electron chi connectivity index (χ2n) is 8.19. The molecule has 3 amide bonds. The highest BCUT2D eigenvalue weighted by Gasteiger charge is 2.32. The van der Waals surface area contributed by atoms with Crippen molar-refractivity contribution in [3.63, 3.8) is 0 Å². The molecule has 0 saturated carbocycles. The van der Waals surface area contributed by atoms with Crippen molar-refractivity contribution in [2.45, 2.75) is 13.0 Å². The maximum absolute atomic E-state index is 12.3. The monoisotopic (exact) mass is 616 g/mol. The van der Waals surface area contributed by atoms with Gasteiger partial charge in [-0.05, 0) is 58.2 Å². The molecule has 3 rings (SSSR count). The topological polar surface area (TPSA) is 146 Å². The number of halogens is 1. The molecule has 0 aromatic heterocycles. The first-order chi connectivity index (χ1) is 19.2. The summed E-state index contributed by atoms with van der Waals surface area (Å²) in [7, 11) is 4.20. The van der Waals surface area contributed by atoms with E-state index in [-0.39, 0.29) is 17.9 Å². The minimum absolute atomic E-state index is 0.249. The Kier molecular flexibility index (Phi) is 10.5. The Bertz CT molecular complexity index is 1360. The van der Waals surface area contributed by atoms with E-state index in [2.05, 4.69) is 43.7 Å². The van der Waals surface area contributed by atoms with Crippen LogP contribution in [0.25, 0.3) is 0 Å². The zero-order valence-corrected chi connectivity index (χ0v) is 23.9. The molecular weight excluding hydrogens is 588 g/mol. The zero-order valence-electron chi connectivity index (χ0n) is 22.3. The quantitative estimate of drug-likeness (QED) is 0.142. The van der Waals surface area contributed by atoms with Crippen LogP contribution >= 0.6 is 15.9 Å². The summed E-state index contributed by atoms with van der Waals surface area (Å²) in [6.45, 7) is 5.19. The number of allylic oxidation sites excluding steroid dienone is 1. The Morgan fingerprint density at radius 3 is 2.52 bits per heavy atom. The van der Waals surface area contributed by atoms with E-state index in [1.165, 1.54) is 27.5 Å². The van der Waals surface area contributed by atoms with Gasteiger partial charge in [0.05, 0.1) is 43.6 Å². The number of nitrogens with zero attached hydrogens (tertiary/aromatic N) is 1. The van der Waals surface area contributed by atoms with Gasteiger partial charge in [-0.2, -0.15) is 5.10 Å². The molecule has 0 unspecified atom stereocenters. The van der Waals surface area contributed by atoms with Gasteiger partial charge in [-0.25, -0.2) is 15.0 Å². The normalized spacial score (nSPS) is 14.6. The average molecular weight is 617 g/mol. The summed E-state index contributed by atoms with van der Waals surface area (Å²) in [5.74, 6) is 0.461. The number of methoxy groups -OCH3 is 3. The second kappa shape index (κ2) is 14.0. The molecule has 0 spiro atoms. The number of amides is 3. The predicted molar refractivity (Wildman–Crippen MR) is 150 cm³/mol. The largest absolute Gasteiger partial charge is 0.493 e. The number of carbonyl (C=O) groups excluding carboxylic acids is 3. The van der Waals surface area contributed by atoms with Gasteiger partial charge in [0.1, 0.15) is 6.61 Å². The third-order valence-corrected chi connectivity index (χ3v) is 6.14. The molecule has 13 heteroatoms. The van der Waals surface area contributed by atoms with Crippen LogP contribution in [-0.4, -0.2) is 58.7 Å². The first-order valence-corrected chi connectivity index (χ1v) is 12.6. The van der Waals surface area contributed by atoms with Gasteiger partial charge < -0.3 is 34.3 Å². The van der Waals surface area contributed by atoms with E-state index in [9.17, 15) is 14.4 Å². The van der Waals surface area contributed by atoms with Crippen molar-refractivity contribution in [2.24, 2.45) is 5.10 Å². The molecule has 212 valence electrons. The molecule has 1 heterocycles. The number of carbonyl (C=O) groups is 3. The number of esters is 1. The van der Waals surface area contributed by atoms with Crippen molar-refractivity contribution in [1.29, 1.82) is 0 Å². The first kappa shape index (κ1) is 30.0. The summed E-state index contributed by atoms with van der Waals surface area (Å²) in [5, 5.41) is 9.23. The Morgan fingerprint density at radius 2 is 1.85 bits per heavy atom. The van der Waals surface area contributed by atoms with Gasteiger partial charge in [0, 0.05) is 5.70 Å². The highest BCUT2D eigenvalue weighted by atomic mass is 79.9. The number of hydrogen-bond acceptors (Lipinski definition) is 9. The maximum atomic E-state index is 12.3. The van der Waals surface area contributed by atoms with Crippen molar-refractivity contribution in [1.82, 2.24) is 16.1 Å². The Hall–Kier alpha value is -4.52. The molecule has 2 aromatic carbocycles. The molecule has 0 aliphatic carbocycles. The van der Waals surface area contributed by atoms with Crippen molar-refractivity contribution in [3.05, 3.63) is 69.9 Å². The SMILES string of the molecule is C=CCOc1c(Br)cc(/C=N\NC(=O)COc2ccc([C@H]3NC(=O)NC(C)=C3C(=O)OC)cc2OC)cc1OC. The smallest absolute Gasteiger partial charge is 0.337 e. The number of nitrogens with one attached hydrogen (secondary N) is 3. The van der Waals surface area contributed by atoms with Gasteiger partial charge in [-0.15, -0.1) is 0 Å². The fourth-order valence-corrected chi connectivity index (χ4v) is 4.33. The molecule has 2 aromatic rings. The summed E-state index contributed by atoms with van der Waals surface area (Å²) in [5.41, 5.74) is 4.22. The average Bonchev–Trinajstić information content (AvgIpc) is 2.94. The van der Waals surface area contributed by atoms with E-state index in [1.54, 1.807) is 43.3 Å². The minimum Gasteiger partial charge on any atom is -0.493 e. The molecule has 40 heavy (non-hydrogen) atoms. The second-order valence-corrected chi connectivity index (χ2v) is 9.04. The number of ether oxygens (including phenoxy) is 5. The van der Waals surface area contributed by atoms with Crippen LogP contribution in [0.5, 0.6) is 23.0 Å². The molecule has 0 fully saturated rings. The molecule has 1 atom stereocenters. The van der Waals surface area contributed by atoms with Gasteiger partial charge in [-0.1, -0.05) is 18.7 Å². The highest BCUT2D eigenvalue weighted by Crippen LogP contribution is 2.36. The third-order valence-electron chi connectivity index (χ3n) is 5.55. The van der Waals surface area contributed by atoms with E-state index in [0.29, 0.717) is 45.2 Å². The number of rotatable bonds is 12. The van der Waals surface area contributed by atoms with Gasteiger partial charge in [0.25, 0.3) is 5.91 Å². The summed E-state index contributed by atoms with van der Waals surface area (Å²) in [4.78, 5) is 36.7. The summed E-state index contributed by atoms with van der Waals surface area (Å²) in [6.07, 6.45) is 3.06. The molecular formula is C27H29BrN4O8. The van der Waals surface area contributed by atoms with Crippen LogP contribution in [0.15, 0.2) is 63.8 Å². The van der Waals surface area contributed by atoms with Crippen LogP contribution in [0.2, 0.25) is 0 Å². The summed E-state index contributed by atoms with van der Waals surface area (Å²) in [6, 6.07) is 7.04. The zero-order chi connectivity index (χ0) is 29.2. The fourth-order valence-electron chi connectivity index (χ4n) is 3.76. The van der Waals surface area contributed by atoms with E-state index >= 15 is 0 Å². The van der Waals surface area contributed by atoms with Crippen LogP contribution in [0.3, 0.4) is 0 Å². The Labute approximate surface area is 239 Å². The van der Waals surface area contributed by atoms with Crippen LogP contribution in [0, 0.1) is 0 Å². The number of benzene rings is 2. The molecule has 12 nitrogen and oxygen atoms in total. The van der Waals surface area contributed by atoms with Crippen LogP contribution in [0.4, 0.5) is 4.79 Å². The van der Waals surface area contributed by atoms with E-state index < -0.39 is 23.9 Å². The lowest BCUT2D eigenvalue weighted by molar-refractivity contribution is -0.136. The van der Waals surface area contributed by atoms with Gasteiger partial charge in [0.2, 0.25) is 0 Å². The third kappa shape index (κ3) is 7.32. The lowest BCUT2D eigenvalue weighted by Crippen LogP contribution is -2.45. The van der Waals surface area contributed by atoms with E-state index in [4.69, 9.17) is 23.7 Å². The number of hydrazone groups is 1. The minimum atomic E-state index is -0.775. The van der Waals surface area contributed by atoms with Crippen molar-refractivity contribution < 1.29 is 38.1 Å². The van der Waals surface area contributed by atoms with Crippen LogP contribution in [0.1, 0.15) is 24.1 Å². The van der Waals surface area contributed by atoms with E-state index in [0.717, 1.165) is 0 Å². The summed E-state index contributed by atoms with van der Waals surface area (Å²) < 4.78 is 27.5. The molecule has 1 aliphatic rings. The van der Waals surface area contributed by atoms with E-state index in [1.807, 2.05) is 0 Å². The molecule has 0 saturated heterocycles. The fraction of sp³-hybridized carbons (Fsp3) is 0.259. The lowest BCUT2D eigenvalue weighted by Gasteiger charge is -2.28. The first-order valence-electron chi connectivity index (χ1n) is 11.8. The van der Waals surface area contributed by atoms with Gasteiger partial charge in [-0.3, -0.25) is 4.79 Å². The standard InChI is InChI=1S/C27H29BrN4O8/c1-6-9-39-25-18(28)10-16(11-21(25)37-4)13-29-32-22(33)14-40-19-8-7-17(12-20(19)36-3)24-23(26(34)38-5)15(2)30-27(35)31-24/h6-8,10-13,24H,1,9,14H2,2-5H3,(H,32,33)(H2,30,31,35)/b29-13-/t24-/m1/s1. The van der Waals surface area contributed by atoms with Gasteiger partial charge >= 0.3 is 12.0 Å². The van der Waals surface area contributed by atoms with Crippen LogP contribution < -0.4 is 35.0 Å². The molecule has 0 bridgehead atoms. The van der Waals surface area contributed by atoms with Crippen LogP contribution in [-0.2, 0) is 14.3 Å². The Morgan fingerprint density at radius 1 is 1.10 bits per heavy atom. The Balaban J connectivity index is 1.66. The predicted octanol–water partition coefficient (Wildman–Crippen LogP) is 3.36. The number of urea groups is 1.